The van der Waals surface area contributed by atoms with Gasteiger partial charge >= 0.3 is 0 Å². The lowest BCUT2D eigenvalue weighted by atomic mass is 9.79. The van der Waals surface area contributed by atoms with Crippen LogP contribution < -0.4 is 5.32 Å². The normalized spacial score (nSPS) is 24.2. The van der Waals surface area contributed by atoms with E-state index in [1.807, 2.05) is 17.0 Å². The molecule has 6 nitrogen and oxygen atoms in total. The molecular weight excluding hydrogens is 460 g/mol. The number of carbonyl (C=O) groups is 2. The van der Waals surface area contributed by atoms with Gasteiger partial charge in [-0.15, -0.1) is 0 Å². The van der Waals surface area contributed by atoms with Crippen LogP contribution in [0.3, 0.4) is 0 Å². The molecule has 1 atom stereocenters. The number of amides is 2. The van der Waals surface area contributed by atoms with Crippen molar-refractivity contribution in [3.8, 4) is 0 Å². The van der Waals surface area contributed by atoms with Gasteiger partial charge in [0.2, 0.25) is 5.91 Å². The number of fused-ring (bicyclic) bond motifs is 3. The van der Waals surface area contributed by atoms with Gasteiger partial charge in [0.05, 0.1) is 5.41 Å². The van der Waals surface area contributed by atoms with Gasteiger partial charge in [0.25, 0.3) is 5.91 Å². The second-order valence-corrected chi connectivity index (χ2v) is 11.7. The van der Waals surface area contributed by atoms with Crippen LogP contribution in [0.1, 0.15) is 81.0 Å². The molecule has 0 bridgehead atoms. The van der Waals surface area contributed by atoms with E-state index in [0.717, 1.165) is 48.9 Å². The monoisotopic (exact) mass is 496 g/mol. The number of benzene rings is 1. The van der Waals surface area contributed by atoms with Gasteiger partial charge in [-0.2, -0.15) is 0 Å². The number of nitrogens with zero attached hydrogens (tertiary/aromatic N) is 3. The summed E-state index contributed by atoms with van der Waals surface area (Å²) in [7, 11) is 0. The Hall–Kier alpha value is -3.28. The number of rotatable bonds is 5. The Kier molecular flexibility index (Phi) is 6.01. The van der Waals surface area contributed by atoms with Crippen molar-refractivity contribution in [2.45, 2.75) is 82.7 Å². The van der Waals surface area contributed by atoms with Gasteiger partial charge in [0.15, 0.2) is 0 Å². The molecule has 0 radical (unpaired) electrons. The van der Waals surface area contributed by atoms with Crippen LogP contribution in [-0.4, -0.2) is 39.6 Å². The van der Waals surface area contributed by atoms with Gasteiger partial charge < -0.3 is 10.2 Å². The van der Waals surface area contributed by atoms with Gasteiger partial charge in [-0.3, -0.25) is 14.6 Å². The first-order valence-corrected chi connectivity index (χ1v) is 13.9. The zero-order valence-corrected chi connectivity index (χ0v) is 21.9. The zero-order valence-electron chi connectivity index (χ0n) is 21.9. The molecule has 2 spiro atoms. The molecule has 4 aliphatic rings. The molecule has 1 aromatic heterocycles. The third-order valence-corrected chi connectivity index (χ3v) is 8.65. The number of nitrogens with one attached hydrogen (secondary N) is 1. The largest absolute Gasteiger partial charge is 0.310 e. The first-order valence-electron chi connectivity index (χ1n) is 13.9. The van der Waals surface area contributed by atoms with Crippen LogP contribution >= 0.6 is 0 Å². The summed E-state index contributed by atoms with van der Waals surface area (Å²) < 4.78 is 0. The van der Waals surface area contributed by atoms with E-state index in [1.165, 1.54) is 24.0 Å². The summed E-state index contributed by atoms with van der Waals surface area (Å²) in [5, 5.41) is 2.98. The van der Waals surface area contributed by atoms with Crippen molar-refractivity contribution in [3.63, 3.8) is 0 Å². The molecule has 6 heteroatoms. The van der Waals surface area contributed by atoms with Crippen LogP contribution in [0.5, 0.6) is 0 Å². The summed E-state index contributed by atoms with van der Waals surface area (Å²) >= 11 is 0. The lowest BCUT2D eigenvalue weighted by Gasteiger charge is -2.35. The van der Waals surface area contributed by atoms with Gasteiger partial charge in [0.1, 0.15) is 17.2 Å². The third kappa shape index (κ3) is 4.11. The van der Waals surface area contributed by atoms with E-state index in [4.69, 9.17) is 4.99 Å². The number of carbonyl (C=O) groups excluding carboxylic acids is 2. The maximum absolute atomic E-state index is 13.4. The molecule has 192 valence electrons. The highest BCUT2D eigenvalue weighted by atomic mass is 16.2. The second-order valence-electron chi connectivity index (χ2n) is 11.7. The highest BCUT2D eigenvalue weighted by Crippen LogP contribution is 2.46. The molecule has 6 rings (SSSR count). The Bertz CT molecular complexity index is 1300. The number of anilines is 1. The molecule has 1 saturated carbocycles. The molecule has 1 unspecified atom stereocenters. The van der Waals surface area contributed by atoms with Gasteiger partial charge in [-0.05, 0) is 73.6 Å². The highest BCUT2D eigenvalue weighted by Gasteiger charge is 2.51. The predicted molar refractivity (Wildman–Crippen MR) is 146 cm³/mol. The molecule has 37 heavy (non-hydrogen) atoms. The highest BCUT2D eigenvalue weighted by molar-refractivity contribution is 6.40. The number of pyridine rings is 1. The molecule has 1 N–H and O–H groups in total. The van der Waals surface area contributed by atoms with Crippen molar-refractivity contribution < 1.29 is 9.59 Å². The lowest BCUT2D eigenvalue weighted by molar-refractivity contribution is -0.127. The van der Waals surface area contributed by atoms with Gasteiger partial charge in [-0.1, -0.05) is 63.1 Å². The molecule has 1 fully saturated rings. The summed E-state index contributed by atoms with van der Waals surface area (Å²) in [4.78, 5) is 37.9. The predicted octanol–water partition coefficient (Wildman–Crippen LogP) is 5.46. The third-order valence-electron chi connectivity index (χ3n) is 8.65. The second kappa shape index (κ2) is 9.23. The SMILES string of the molecule is CC(C)CC1=NC2(CCCCCC2)N(C/C=C/c2ccc3c(c2)CC2(C3)C(=O)Nc3ncccc32)C1=O. The molecule has 2 aliphatic carbocycles. The molecule has 0 saturated heterocycles. The maximum atomic E-state index is 13.4. The number of hydrogen-bond acceptors (Lipinski definition) is 4. The summed E-state index contributed by atoms with van der Waals surface area (Å²) in [6, 6.07) is 10.4. The number of aliphatic imine (C=N–C) groups is 1. The Labute approximate surface area is 219 Å². The Morgan fingerprint density at radius 2 is 1.84 bits per heavy atom. The molecular formula is C31H36N4O2. The van der Waals surface area contributed by atoms with E-state index in [9.17, 15) is 9.59 Å². The van der Waals surface area contributed by atoms with Crippen molar-refractivity contribution in [1.29, 1.82) is 0 Å². The average molecular weight is 497 g/mol. The maximum Gasteiger partial charge on any atom is 0.270 e. The minimum Gasteiger partial charge on any atom is -0.310 e. The Morgan fingerprint density at radius 1 is 1.05 bits per heavy atom. The van der Waals surface area contributed by atoms with Gasteiger partial charge in [-0.25, -0.2) is 4.98 Å². The van der Waals surface area contributed by atoms with Gasteiger partial charge in [0, 0.05) is 18.3 Å². The number of hydrogen-bond donors (Lipinski definition) is 1. The summed E-state index contributed by atoms with van der Waals surface area (Å²) in [6.07, 6.45) is 14.8. The number of aromatic nitrogens is 1. The summed E-state index contributed by atoms with van der Waals surface area (Å²) in [5.41, 5.74) is 4.41. The van der Waals surface area contributed by atoms with Crippen molar-refractivity contribution in [2.75, 3.05) is 11.9 Å². The van der Waals surface area contributed by atoms with E-state index in [1.54, 1.807) is 6.20 Å². The Balaban J connectivity index is 1.21. The molecule has 2 aliphatic heterocycles. The zero-order chi connectivity index (χ0) is 25.6. The molecule has 2 amide bonds. The van der Waals surface area contributed by atoms with Crippen LogP contribution in [-0.2, 0) is 27.8 Å². The van der Waals surface area contributed by atoms with Crippen molar-refractivity contribution in [2.24, 2.45) is 10.9 Å². The molecule has 3 heterocycles. The molecule has 2 aromatic rings. The van der Waals surface area contributed by atoms with Crippen LogP contribution in [0.25, 0.3) is 6.08 Å². The van der Waals surface area contributed by atoms with Crippen molar-refractivity contribution in [3.05, 3.63) is 64.9 Å². The quantitative estimate of drug-likeness (QED) is 0.597. The fourth-order valence-electron chi connectivity index (χ4n) is 6.84. The van der Waals surface area contributed by atoms with E-state index >= 15 is 0 Å². The van der Waals surface area contributed by atoms with Crippen LogP contribution in [0.2, 0.25) is 0 Å². The first kappa shape index (κ1) is 24.1. The van der Waals surface area contributed by atoms with Crippen LogP contribution in [0, 0.1) is 5.92 Å². The first-order chi connectivity index (χ1) is 17.9. The van der Waals surface area contributed by atoms with E-state index in [0.29, 0.717) is 31.1 Å². The Morgan fingerprint density at radius 3 is 2.62 bits per heavy atom. The standard InChI is InChI=1S/C31H36N4O2/c1-21(2)17-26-28(36)35(31(34-26)13-5-3-4-6-14-31)16-8-9-22-11-12-23-19-30(20-24(23)18-22)25-10-7-15-32-27(25)33-29(30)37/h7-12,15,18,21H,3-6,13-14,16-17,19-20H2,1-2H3,(H,32,33,37)/b9-8+. The fraction of sp³-hybridized carbons (Fsp3) is 0.484. The smallest absolute Gasteiger partial charge is 0.270 e. The topological polar surface area (TPSA) is 74.7 Å². The van der Waals surface area contributed by atoms with Crippen molar-refractivity contribution >= 4 is 29.4 Å². The fourth-order valence-corrected chi connectivity index (χ4v) is 6.84. The van der Waals surface area contributed by atoms with E-state index < -0.39 is 5.41 Å². The summed E-state index contributed by atoms with van der Waals surface area (Å²) in [6.45, 7) is 4.88. The van der Waals surface area contributed by atoms with E-state index in [-0.39, 0.29) is 17.5 Å². The van der Waals surface area contributed by atoms with Crippen molar-refractivity contribution in [1.82, 2.24) is 9.88 Å². The minimum absolute atomic E-state index is 0.0490. The van der Waals surface area contributed by atoms with Crippen LogP contribution in [0.4, 0.5) is 5.82 Å². The average Bonchev–Trinajstić information content (AvgIpc) is 3.38. The van der Waals surface area contributed by atoms with E-state index in [2.05, 4.69) is 54.5 Å². The van der Waals surface area contributed by atoms with Crippen LogP contribution in [0.15, 0.2) is 47.6 Å². The lowest BCUT2D eigenvalue weighted by Crippen LogP contribution is -2.46. The molecule has 1 aromatic carbocycles. The minimum atomic E-state index is -0.549. The summed E-state index contributed by atoms with van der Waals surface area (Å²) in [5.74, 6) is 1.28.